The van der Waals surface area contributed by atoms with Crippen LogP contribution in [0.3, 0.4) is 0 Å². The Morgan fingerprint density at radius 3 is 2.48 bits per heavy atom. The fourth-order valence-electron chi connectivity index (χ4n) is 2.00. The quantitative estimate of drug-likeness (QED) is 0.878. The van der Waals surface area contributed by atoms with Crippen molar-refractivity contribution in [2.45, 2.75) is 19.6 Å². The van der Waals surface area contributed by atoms with E-state index in [2.05, 4.69) is 0 Å². The van der Waals surface area contributed by atoms with E-state index in [9.17, 15) is 22.4 Å². The molecule has 0 saturated carbocycles. The number of hydrogen-bond acceptors (Lipinski definition) is 1. The van der Waals surface area contributed by atoms with Crippen molar-refractivity contribution in [1.82, 2.24) is 4.57 Å². The van der Waals surface area contributed by atoms with Crippen molar-refractivity contribution in [1.29, 1.82) is 0 Å². The van der Waals surface area contributed by atoms with Gasteiger partial charge in [0.05, 0.1) is 11.1 Å². The third-order valence-electron chi connectivity index (χ3n) is 3.08. The van der Waals surface area contributed by atoms with E-state index >= 15 is 0 Å². The lowest BCUT2D eigenvalue weighted by Gasteiger charge is -2.07. The van der Waals surface area contributed by atoms with Crippen molar-refractivity contribution in [3.8, 4) is 0 Å². The summed E-state index contributed by atoms with van der Waals surface area (Å²) in [6.07, 6.45) is -3.14. The smallest absolute Gasteiger partial charge is 0.418 e. The van der Waals surface area contributed by atoms with Crippen LogP contribution in [0.5, 0.6) is 0 Å². The molecule has 0 unspecified atom stereocenters. The van der Waals surface area contributed by atoms with Crippen molar-refractivity contribution in [3.63, 3.8) is 0 Å². The Bertz CT molecular complexity index is 689. The topological polar surface area (TPSA) is 42.2 Å². The van der Waals surface area contributed by atoms with Crippen LogP contribution < -0.4 is 0 Å². The Balaban J connectivity index is 2.42. The van der Waals surface area contributed by atoms with Crippen molar-refractivity contribution >= 4 is 5.97 Å². The highest BCUT2D eigenvalue weighted by Crippen LogP contribution is 2.33. The molecular weight excluding hydrogens is 290 g/mol. The summed E-state index contributed by atoms with van der Waals surface area (Å²) in [5.41, 5.74) is -0.855. The van der Waals surface area contributed by atoms with Gasteiger partial charge in [-0.1, -0.05) is 6.07 Å². The lowest BCUT2D eigenvalue weighted by atomic mass is 10.1. The van der Waals surface area contributed by atoms with Crippen LogP contribution in [-0.2, 0) is 12.7 Å². The molecule has 1 N–H and O–H groups in total. The molecule has 1 heterocycles. The Hall–Kier alpha value is -2.31. The summed E-state index contributed by atoms with van der Waals surface area (Å²) in [4.78, 5) is 10.9. The van der Waals surface area contributed by atoms with E-state index < -0.39 is 29.1 Å². The van der Waals surface area contributed by atoms with Gasteiger partial charge in [0.2, 0.25) is 0 Å². The average Bonchev–Trinajstić information content (AvgIpc) is 2.78. The number of carbonyl (C=O) groups is 1. The SMILES string of the molecule is Cc1ccc(F)cc1Cn1cc(C(=O)O)c(C(F)(F)F)c1. The first-order chi connectivity index (χ1) is 9.68. The maximum Gasteiger partial charge on any atom is 0.418 e. The van der Waals surface area contributed by atoms with Gasteiger partial charge in [-0.15, -0.1) is 0 Å². The predicted molar refractivity (Wildman–Crippen MR) is 66.6 cm³/mol. The summed E-state index contributed by atoms with van der Waals surface area (Å²) in [7, 11) is 0. The van der Waals surface area contributed by atoms with Crippen molar-refractivity contribution in [2.24, 2.45) is 0 Å². The van der Waals surface area contributed by atoms with Crippen LogP contribution in [0.25, 0.3) is 0 Å². The monoisotopic (exact) mass is 301 g/mol. The molecule has 112 valence electrons. The molecule has 0 amide bonds. The molecule has 7 heteroatoms. The normalized spacial score (nSPS) is 11.7. The molecule has 0 spiro atoms. The van der Waals surface area contributed by atoms with Gasteiger partial charge in [-0.25, -0.2) is 9.18 Å². The van der Waals surface area contributed by atoms with Gasteiger partial charge >= 0.3 is 12.1 Å². The van der Waals surface area contributed by atoms with Gasteiger partial charge in [0, 0.05) is 18.9 Å². The van der Waals surface area contributed by atoms with E-state index in [1.54, 1.807) is 6.92 Å². The van der Waals surface area contributed by atoms with Crippen LogP contribution >= 0.6 is 0 Å². The molecule has 0 aliphatic heterocycles. The maximum atomic E-state index is 13.2. The zero-order valence-electron chi connectivity index (χ0n) is 10.9. The second-order valence-electron chi connectivity index (χ2n) is 4.63. The summed E-state index contributed by atoms with van der Waals surface area (Å²) >= 11 is 0. The van der Waals surface area contributed by atoms with E-state index in [1.807, 2.05) is 0 Å². The van der Waals surface area contributed by atoms with Gasteiger partial charge in [-0.3, -0.25) is 0 Å². The molecule has 0 aliphatic rings. The summed E-state index contributed by atoms with van der Waals surface area (Å²) in [5.74, 6) is -2.16. The van der Waals surface area contributed by atoms with Crippen LogP contribution in [-0.4, -0.2) is 15.6 Å². The molecule has 1 aromatic carbocycles. The highest BCUT2D eigenvalue weighted by atomic mass is 19.4. The molecule has 0 saturated heterocycles. The molecule has 0 radical (unpaired) electrons. The third kappa shape index (κ3) is 3.24. The Morgan fingerprint density at radius 1 is 1.29 bits per heavy atom. The van der Waals surface area contributed by atoms with E-state index in [0.29, 0.717) is 17.3 Å². The number of benzene rings is 1. The number of halogens is 4. The number of nitrogens with zero attached hydrogens (tertiary/aromatic N) is 1. The van der Waals surface area contributed by atoms with E-state index in [-0.39, 0.29) is 6.54 Å². The molecule has 0 fully saturated rings. The van der Waals surface area contributed by atoms with Crippen LogP contribution in [0.2, 0.25) is 0 Å². The maximum absolute atomic E-state index is 13.2. The number of hydrogen-bond donors (Lipinski definition) is 1. The van der Waals surface area contributed by atoms with Gasteiger partial charge in [0.25, 0.3) is 0 Å². The predicted octanol–water partition coefficient (Wildman–Crippen LogP) is 3.70. The minimum absolute atomic E-state index is 0.0417. The number of aryl methyl sites for hydroxylation is 1. The summed E-state index contributed by atoms with van der Waals surface area (Å²) in [6, 6.07) is 3.97. The summed E-state index contributed by atoms with van der Waals surface area (Å²) < 4.78 is 52.6. The molecule has 2 aromatic rings. The summed E-state index contributed by atoms with van der Waals surface area (Å²) in [5, 5.41) is 8.83. The minimum atomic E-state index is -4.75. The first-order valence-corrected chi connectivity index (χ1v) is 5.94. The first kappa shape index (κ1) is 15.1. The number of rotatable bonds is 3. The zero-order valence-corrected chi connectivity index (χ0v) is 10.9. The van der Waals surface area contributed by atoms with Gasteiger partial charge < -0.3 is 9.67 Å². The third-order valence-corrected chi connectivity index (χ3v) is 3.08. The second-order valence-corrected chi connectivity index (χ2v) is 4.63. The lowest BCUT2D eigenvalue weighted by molar-refractivity contribution is -0.138. The van der Waals surface area contributed by atoms with Gasteiger partial charge in [0.15, 0.2) is 0 Å². The molecule has 0 aliphatic carbocycles. The molecule has 0 atom stereocenters. The Labute approximate surface area is 117 Å². The number of carboxylic acids is 1. The largest absolute Gasteiger partial charge is 0.478 e. The second kappa shape index (κ2) is 5.23. The van der Waals surface area contributed by atoms with Crippen LogP contribution in [0.15, 0.2) is 30.6 Å². The molecule has 21 heavy (non-hydrogen) atoms. The van der Waals surface area contributed by atoms with Gasteiger partial charge in [0.1, 0.15) is 5.82 Å². The van der Waals surface area contributed by atoms with Crippen LogP contribution in [0.4, 0.5) is 17.6 Å². The highest BCUT2D eigenvalue weighted by Gasteiger charge is 2.37. The van der Waals surface area contributed by atoms with E-state index in [1.165, 1.54) is 18.2 Å². The van der Waals surface area contributed by atoms with Crippen molar-refractivity contribution < 1.29 is 27.5 Å². The van der Waals surface area contributed by atoms with Crippen molar-refractivity contribution in [3.05, 3.63) is 58.7 Å². The van der Waals surface area contributed by atoms with E-state index in [4.69, 9.17) is 5.11 Å². The zero-order chi connectivity index (χ0) is 15.8. The molecule has 1 aromatic heterocycles. The number of aromatic nitrogens is 1. The fourth-order valence-corrected chi connectivity index (χ4v) is 2.00. The standard InChI is InChI=1S/C14H11F4NO2/c1-8-2-3-10(15)4-9(8)5-19-6-11(13(20)21)12(7-19)14(16,17)18/h2-4,6-7H,5H2,1H3,(H,20,21). The number of carboxylic acid groups (broad SMARTS) is 1. The Kier molecular flexibility index (Phi) is 3.76. The molecular formula is C14H11F4NO2. The van der Waals surface area contributed by atoms with Crippen molar-refractivity contribution in [2.75, 3.05) is 0 Å². The highest BCUT2D eigenvalue weighted by molar-refractivity contribution is 5.89. The molecule has 0 bridgehead atoms. The lowest BCUT2D eigenvalue weighted by Crippen LogP contribution is -2.09. The number of aromatic carboxylic acids is 1. The molecule has 3 nitrogen and oxygen atoms in total. The van der Waals surface area contributed by atoms with Gasteiger partial charge in [-0.05, 0) is 30.2 Å². The first-order valence-electron chi connectivity index (χ1n) is 5.94. The number of alkyl halides is 3. The minimum Gasteiger partial charge on any atom is -0.478 e. The van der Waals surface area contributed by atoms with Crippen LogP contribution in [0.1, 0.15) is 27.0 Å². The van der Waals surface area contributed by atoms with E-state index in [0.717, 1.165) is 10.8 Å². The van der Waals surface area contributed by atoms with Crippen LogP contribution in [0, 0.1) is 12.7 Å². The summed E-state index contributed by atoms with van der Waals surface area (Å²) in [6.45, 7) is 1.65. The Morgan fingerprint density at radius 2 is 1.95 bits per heavy atom. The average molecular weight is 301 g/mol. The van der Waals surface area contributed by atoms with Gasteiger partial charge in [-0.2, -0.15) is 13.2 Å². The fraction of sp³-hybridized carbons (Fsp3) is 0.214. The molecule has 2 rings (SSSR count).